The summed E-state index contributed by atoms with van der Waals surface area (Å²) in [5, 5.41) is 4.37. The highest BCUT2D eigenvalue weighted by Crippen LogP contribution is 2.14. The van der Waals surface area contributed by atoms with Gasteiger partial charge in [0.2, 0.25) is 0 Å². The Morgan fingerprint density at radius 3 is 2.62 bits per heavy atom. The number of hydrogen-bond acceptors (Lipinski definition) is 2. The molecule has 1 aliphatic rings. The summed E-state index contributed by atoms with van der Waals surface area (Å²) in [5.41, 5.74) is 1.30. The largest absolute Gasteiger partial charge is 0.309 e. The van der Waals surface area contributed by atoms with Crippen molar-refractivity contribution in [2.45, 2.75) is 32.5 Å². The lowest BCUT2D eigenvalue weighted by atomic mass is 10.1. The fourth-order valence-electron chi connectivity index (χ4n) is 2.46. The van der Waals surface area contributed by atoms with Crippen molar-refractivity contribution in [2.75, 3.05) is 13.1 Å². The third-order valence-electron chi connectivity index (χ3n) is 2.93. The van der Waals surface area contributed by atoms with Crippen molar-refractivity contribution in [1.29, 1.82) is 0 Å². The molecule has 1 heterocycles. The Hall–Kier alpha value is -0.570. The molecule has 0 bridgehead atoms. The summed E-state index contributed by atoms with van der Waals surface area (Å²) in [4.78, 5) is 2.48. The van der Waals surface area contributed by atoms with Crippen LogP contribution in [-0.4, -0.2) is 30.1 Å². The van der Waals surface area contributed by atoms with E-state index in [0.29, 0.717) is 12.1 Å². The molecule has 1 saturated heterocycles. The Balaban J connectivity index is 1.98. The molecule has 2 rings (SSSR count). The lowest BCUT2D eigenvalue weighted by molar-refractivity contribution is 0.166. The quantitative estimate of drug-likeness (QED) is 0.852. The van der Waals surface area contributed by atoms with E-state index in [0.717, 1.165) is 24.7 Å². The van der Waals surface area contributed by atoms with E-state index >= 15 is 0 Å². The minimum absolute atomic E-state index is 0.572. The topological polar surface area (TPSA) is 15.3 Å². The maximum Gasteiger partial charge on any atom is 0.0409 e. The number of hydrogen-bond donors (Lipinski definition) is 1. The molecule has 0 aliphatic carbocycles. The van der Waals surface area contributed by atoms with Gasteiger partial charge in [-0.2, -0.15) is 0 Å². The summed E-state index contributed by atoms with van der Waals surface area (Å²) in [7, 11) is 0. The maximum absolute atomic E-state index is 5.99. The molecule has 3 heteroatoms. The highest BCUT2D eigenvalue weighted by molar-refractivity contribution is 6.30. The van der Waals surface area contributed by atoms with Gasteiger partial charge in [-0.05, 0) is 31.5 Å². The molecule has 88 valence electrons. The molecule has 1 aliphatic heterocycles. The van der Waals surface area contributed by atoms with Crippen LogP contribution in [0.5, 0.6) is 0 Å². The highest BCUT2D eigenvalue weighted by Gasteiger charge is 2.20. The van der Waals surface area contributed by atoms with Crippen LogP contribution in [0, 0.1) is 0 Å². The molecule has 1 aromatic rings. The van der Waals surface area contributed by atoms with Crippen molar-refractivity contribution in [2.24, 2.45) is 0 Å². The molecule has 0 saturated carbocycles. The number of nitrogens with one attached hydrogen (secondary N) is 1. The van der Waals surface area contributed by atoms with Crippen molar-refractivity contribution < 1.29 is 0 Å². The summed E-state index contributed by atoms with van der Waals surface area (Å²) in [6.45, 7) is 7.69. The van der Waals surface area contributed by atoms with Crippen LogP contribution in [0.4, 0.5) is 0 Å². The molecule has 2 unspecified atom stereocenters. The van der Waals surface area contributed by atoms with E-state index in [9.17, 15) is 0 Å². The van der Waals surface area contributed by atoms with Gasteiger partial charge in [-0.1, -0.05) is 23.7 Å². The summed E-state index contributed by atoms with van der Waals surface area (Å²) in [5.74, 6) is 0. The van der Waals surface area contributed by atoms with Gasteiger partial charge < -0.3 is 5.32 Å². The van der Waals surface area contributed by atoms with Crippen LogP contribution in [0.25, 0.3) is 0 Å². The normalized spacial score (nSPS) is 26.9. The predicted molar refractivity (Wildman–Crippen MR) is 68.8 cm³/mol. The molecule has 1 N–H and O–H groups in total. The molecular weight excluding hydrogens is 220 g/mol. The predicted octanol–water partition coefficient (Wildman–Crippen LogP) is 2.52. The first kappa shape index (κ1) is 11.9. The molecule has 0 spiro atoms. The monoisotopic (exact) mass is 238 g/mol. The van der Waals surface area contributed by atoms with Crippen LogP contribution < -0.4 is 5.32 Å². The number of rotatable bonds is 2. The van der Waals surface area contributed by atoms with E-state index in [2.05, 4.69) is 36.2 Å². The Labute approximate surface area is 103 Å². The van der Waals surface area contributed by atoms with Crippen molar-refractivity contribution in [1.82, 2.24) is 10.2 Å². The number of nitrogens with zero attached hydrogens (tertiary/aromatic N) is 1. The van der Waals surface area contributed by atoms with E-state index in [1.54, 1.807) is 0 Å². The fourth-order valence-corrected chi connectivity index (χ4v) is 2.68. The van der Waals surface area contributed by atoms with E-state index in [-0.39, 0.29) is 0 Å². The van der Waals surface area contributed by atoms with Crippen molar-refractivity contribution in [3.8, 4) is 0 Å². The van der Waals surface area contributed by atoms with Crippen LogP contribution in [0.3, 0.4) is 0 Å². The van der Waals surface area contributed by atoms with Gasteiger partial charge in [-0.25, -0.2) is 0 Å². The van der Waals surface area contributed by atoms with E-state index in [1.165, 1.54) is 5.56 Å². The van der Waals surface area contributed by atoms with Gasteiger partial charge in [-0.15, -0.1) is 0 Å². The zero-order valence-corrected chi connectivity index (χ0v) is 10.7. The Morgan fingerprint density at radius 2 is 2.00 bits per heavy atom. The van der Waals surface area contributed by atoms with Gasteiger partial charge in [0.05, 0.1) is 0 Å². The van der Waals surface area contributed by atoms with E-state index in [1.807, 2.05) is 12.1 Å². The summed E-state index contributed by atoms with van der Waals surface area (Å²) in [6.07, 6.45) is 0. The Bertz CT molecular complexity index is 344. The SMILES string of the molecule is CC1CN(Cc2cccc(Cl)c2)CC(C)N1. The first-order valence-corrected chi connectivity index (χ1v) is 6.24. The Morgan fingerprint density at radius 1 is 1.31 bits per heavy atom. The molecule has 1 fully saturated rings. The minimum atomic E-state index is 0.572. The molecular formula is C13H19ClN2. The van der Waals surface area contributed by atoms with Crippen molar-refractivity contribution >= 4 is 11.6 Å². The van der Waals surface area contributed by atoms with Gasteiger partial charge in [-0.3, -0.25) is 4.90 Å². The van der Waals surface area contributed by atoms with Crippen molar-refractivity contribution in [3.63, 3.8) is 0 Å². The summed E-state index contributed by atoms with van der Waals surface area (Å²) < 4.78 is 0. The second-order valence-electron chi connectivity index (χ2n) is 4.79. The van der Waals surface area contributed by atoms with Crippen LogP contribution in [0.2, 0.25) is 5.02 Å². The van der Waals surface area contributed by atoms with E-state index in [4.69, 9.17) is 11.6 Å². The van der Waals surface area contributed by atoms with Crippen LogP contribution >= 0.6 is 11.6 Å². The molecule has 1 aromatic carbocycles. The molecule has 16 heavy (non-hydrogen) atoms. The standard InChI is InChI=1S/C13H19ClN2/c1-10-7-16(8-11(2)15-10)9-12-4-3-5-13(14)6-12/h3-6,10-11,15H,7-9H2,1-2H3. The second kappa shape index (κ2) is 5.17. The molecule has 0 amide bonds. The van der Waals surface area contributed by atoms with Gasteiger partial charge >= 0.3 is 0 Å². The van der Waals surface area contributed by atoms with E-state index < -0.39 is 0 Å². The average Bonchev–Trinajstić information content (AvgIpc) is 2.15. The summed E-state index contributed by atoms with van der Waals surface area (Å²) >= 11 is 5.99. The first-order valence-electron chi connectivity index (χ1n) is 5.86. The molecule has 0 radical (unpaired) electrons. The average molecular weight is 239 g/mol. The number of benzene rings is 1. The molecule has 2 atom stereocenters. The van der Waals surface area contributed by atoms with Crippen LogP contribution in [0.1, 0.15) is 19.4 Å². The zero-order valence-electron chi connectivity index (χ0n) is 9.91. The lowest BCUT2D eigenvalue weighted by Gasteiger charge is -2.36. The molecule has 2 nitrogen and oxygen atoms in total. The zero-order chi connectivity index (χ0) is 11.5. The number of halogens is 1. The first-order chi connectivity index (χ1) is 7.63. The molecule has 0 aromatic heterocycles. The van der Waals surface area contributed by atoms with Crippen LogP contribution in [-0.2, 0) is 6.54 Å². The van der Waals surface area contributed by atoms with Gasteiger partial charge in [0, 0.05) is 36.7 Å². The van der Waals surface area contributed by atoms with Crippen LogP contribution in [0.15, 0.2) is 24.3 Å². The minimum Gasteiger partial charge on any atom is -0.309 e. The third-order valence-corrected chi connectivity index (χ3v) is 3.16. The number of piperazine rings is 1. The highest BCUT2D eigenvalue weighted by atomic mass is 35.5. The lowest BCUT2D eigenvalue weighted by Crippen LogP contribution is -2.53. The second-order valence-corrected chi connectivity index (χ2v) is 5.23. The smallest absolute Gasteiger partial charge is 0.0409 e. The third kappa shape index (κ3) is 3.21. The Kier molecular flexibility index (Phi) is 3.85. The fraction of sp³-hybridized carbons (Fsp3) is 0.538. The van der Waals surface area contributed by atoms with Gasteiger partial charge in [0.25, 0.3) is 0 Å². The summed E-state index contributed by atoms with van der Waals surface area (Å²) in [6, 6.07) is 9.29. The van der Waals surface area contributed by atoms with Crippen molar-refractivity contribution in [3.05, 3.63) is 34.9 Å². The maximum atomic E-state index is 5.99. The van der Waals surface area contributed by atoms with Gasteiger partial charge in [0.1, 0.15) is 0 Å². The van der Waals surface area contributed by atoms with Gasteiger partial charge in [0.15, 0.2) is 0 Å².